The van der Waals surface area contributed by atoms with Crippen molar-refractivity contribution in [2.75, 3.05) is 0 Å². The summed E-state index contributed by atoms with van der Waals surface area (Å²) in [5, 5.41) is 9.75. The Bertz CT molecular complexity index is 1240. The zero-order valence-corrected chi connectivity index (χ0v) is 15.7. The first-order valence-electron chi connectivity index (χ1n) is 9.10. The number of aryl methyl sites for hydroxylation is 1. The zero-order chi connectivity index (χ0) is 20.4. The van der Waals surface area contributed by atoms with E-state index in [4.69, 9.17) is 14.3 Å². The Morgan fingerprint density at radius 1 is 1.00 bits per heavy atom. The molecule has 0 unspecified atom stereocenters. The highest BCUT2D eigenvalue weighted by Gasteiger charge is 2.14. The second kappa shape index (κ2) is 7.64. The Labute approximate surface area is 166 Å². The Balaban J connectivity index is 1.77. The fourth-order valence-corrected chi connectivity index (χ4v) is 3.26. The summed E-state index contributed by atoms with van der Waals surface area (Å²) in [4.78, 5) is 23.1. The average Bonchev–Trinajstić information content (AvgIpc) is 2.72. The second-order valence-corrected chi connectivity index (χ2v) is 6.77. The maximum absolute atomic E-state index is 12.1. The molecular weight excluding hydrogens is 368 g/mol. The number of carboxylic acid groups (broad SMARTS) is 1. The van der Waals surface area contributed by atoms with Crippen LogP contribution in [-0.2, 0) is 6.61 Å². The second-order valence-electron chi connectivity index (χ2n) is 6.77. The molecule has 0 aliphatic rings. The minimum Gasteiger partial charge on any atom is -0.488 e. The number of fused-ring (bicyclic) bond motifs is 1. The molecule has 0 atom stereocenters. The van der Waals surface area contributed by atoms with Gasteiger partial charge in [-0.3, -0.25) is 0 Å². The number of hydrogen-bond acceptors (Lipinski definition) is 4. The lowest BCUT2D eigenvalue weighted by atomic mass is 10.0. The van der Waals surface area contributed by atoms with Gasteiger partial charge in [-0.05, 0) is 47.9 Å². The van der Waals surface area contributed by atoms with E-state index >= 15 is 0 Å². The fraction of sp³-hybridized carbons (Fsp3) is 0.0833. The monoisotopic (exact) mass is 386 g/mol. The summed E-state index contributed by atoms with van der Waals surface area (Å²) in [5.41, 5.74) is 3.65. The summed E-state index contributed by atoms with van der Waals surface area (Å²) < 4.78 is 11.5. The number of carbonyl (C=O) groups is 1. The molecule has 4 rings (SSSR count). The largest absolute Gasteiger partial charge is 0.488 e. The van der Waals surface area contributed by atoms with Crippen molar-refractivity contribution in [3.8, 4) is 16.9 Å². The summed E-state index contributed by atoms with van der Waals surface area (Å²) in [6.45, 7) is 2.16. The Hall–Kier alpha value is -3.86. The molecule has 1 heterocycles. The predicted octanol–water partition coefficient (Wildman–Crippen LogP) is 5.05. The van der Waals surface area contributed by atoms with Crippen LogP contribution in [0.3, 0.4) is 0 Å². The van der Waals surface area contributed by atoms with Crippen molar-refractivity contribution >= 4 is 16.9 Å². The molecule has 4 aromatic rings. The van der Waals surface area contributed by atoms with E-state index in [1.165, 1.54) is 6.07 Å². The summed E-state index contributed by atoms with van der Waals surface area (Å²) in [7, 11) is 0. The van der Waals surface area contributed by atoms with Crippen LogP contribution in [0.1, 0.15) is 21.5 Å². The van der Waals surface area contributed by atoms with Crippen LogP contribution in [0.25, 0.3) is 22.1 Å². The molecule has 0 saturated carbocycles. The van der Waals surface area contributed by atoms with Gasteiger partial charge in [0, 0.05) is 11.6 Å². The summed E-state index contributed by atoms with van der Waals surface area (Å²) in [6, 6.07) is 21.3. The van der Waals surface area contributed by atoms with E-state index in [0.717, 1.165) is 27.6 Å². The highest BCUT2D eigenvalue weighted by atomic mass is 16.5. The average molecular weight is 386 g/mol. The van der Waals surface area contributed by atoms with Crippen molar-refractivity contribution in [3.05, 3.63) is 99.9 Å². The van der Waals surface area contributed by atoms with Crippen LogP contribution < -0.4 is 10.4 Å². The molecule has 0 bridgehead atoms. The summed E-state index contributed by atoms with van der Waals surface area (Å²) in [6.07, 6.45) is 0. The smallest absolute Gasteiger partial charge is 0.336 e. The molecule has 0 radical (unpaired) electrons. The van der Waals surface area contributed by atoms with Gasteiger partial charge in [0.1, 0.15) is 17.9 Å². The predicted molar refractivity (Wildman–Crippen MR) is 110 cm³/mol. The normalized spacial score (nSPS) is 10.8. The number of benzene rings is 3. The van der Waals surface area contributed by atoms with Crippen molar-refractivity contribution < 1.29 is 19.1 Å². The van der Waals surface area contributed by atoms with Crippen LogP contribution in [0, 0.1) is 6.92 Å². The van der Waals surface area contributed by atoms with Crippen molar-refractivity contribution in [2.45, 2.75) is 13.5 Å². The van der Waals surface area contributed by atoms with Crippen LogP contribution >= 0.6 is 0 Å². The third kappa shape index (κ3) is 3.89. The molecule has 29 heavy (non-hydrogen) atoms. The molecule has 0 aliphatic carbocycles. The number of rotatable bonds is 5. The molecule has 0 aliphatic heterocycles. The van der Waals surface area contributed by atoms with Crippen molar-refractivity contribution in [2.24, 2.45) is 0 Å². The number of hydrogen-bond donors (Lipinski definition) is 1. The summed E-state index contributed by atoms with van der Waals surface area (Å²) in [5.74, 6) is -0.366. The lowest BCUT2D eigenvalue weighted by molar-refractivity contribution is 0.0697. The maximum atomic E-state index is 12.1. The Morgan fingerprint density at radius 3 is 2.41 bits per heavy atom. The van der Waals surface area contributed by atoms with Crippen molar-refractivity contribution in [1.29, 1.82) is 0 Å². The van der Waals surface area contributed by atoms with E-state index in [9.17, 15) is 9.59 Å². The van der Waals surface area contributed by atoms with E-state index in [1.54, 1.807) is 24.3 Å². The molecule has 0 spiro atoms. The lowest BCUT2D eigenvalue weighted by Gasteiger charge is -2.13. The SMILES string of the molecule is Cc1cc(OCc2ccc(C(=O)O)cc2)c2c(-c3ccccc3)cc(=O)oc2c1. The first kappa shape index (κ1) is 18.5. The third-order valence-corrected chi connectivity index (χ3v) is 4.63. The molecule has 5 heteroatoms. The van der Waals surface area contributed by atoms with Gasteiger partial charge in [-0.25, -0.2) is 9.59 Å². The van der Waals surface area contributed by atoms with Gasteiger partial charge in [0.15, 0.2) is 0 Å². The van der Waals surface area contributed by atoms with Gasteiger partial charge < -0.3 is 14.3 Å². The highest BCUT2D eigenvalue weighted by molar-refractivity contribution is 5.98. The zero-order valence-electron chi connectivity index (χ0n) is 15.7. The first-order valence-corrected chi connectivity index (χ1v) is 9.10. The molecule has 0 fully saturated rings. The third-order valence-electron chi connectivity index (χ3n) is 4.63. The number of ether oxygens (including phenoxy) is 1. The van der Waals surface area contributed by atoms with E-state index in [1.807, 2.05) is 49.4 Å². The highest BCUT2D eigenvalue weighted by Crippen LogP contribution is 2.35. The standard InChI is InChI=1S/C24H18O5/c1-15-11-20(28-14-16-7-9-18(10-8-16)24(26)27)23-19(17-5-3-2-4-6-17)13-22(25)29-21(23)12-15/h2-13H,14H2,1H3,(H,26,27). The topological polar surface area (TPSA) is 76.7 Å². The van der Waals surface area contributed by atoms with Crippen molar-refractivity contribution in [3.63, 3.8) is 0 Å². The van der Waals surface area contributed by atoms with Crippen LogP contribution in [0.4, 0.5) is 0 Å². The van der Waals surface area contributed by atoms with Crippen LogP contribution in [-0.4, -0.2) is 11.1 Å². The Morgan fingerprint density at radius 2 is 1.72 bits per heavy atom. The number of aromatic carboxylic acids is 1. The molecule has 3 aromatic carbocycles. The van der Waals surface area contributed by atoms with E-state index in [0.29, 0.717) is 11.3 Å². The molecule has 1 N–H and O–H groups in total. The fourth-order valence-electron chi connectivity index (χ4n) is 3.26. The van der Waals surface area contributed by atoms with Gasteiger partial charge in [-0.15, -0.1) is 0 Å². The van der Waals surface area contributed by atoms with Gasteiger partial charge in [-0.1, -0.05) is 42.5 Å². The molecule has 5 nitrogen and oxygen atoms in total. The van der Waals surface area contributed by atoms with E-state index < -0.39 is 11.6 Å². The van der Waals surface area contributed by atoms with Crippen LogP contribution in [0.2, 0.25) is 0 Å². The minimum atomic E-state index is -0.968. The van der Waals surface area contributed by atoms with Gasteiger partial charge in [0.25, 0.3) is 0 Å². The maximum Gasteiger partial charge on any atom is 0.336 e. The van der Waals surface area contributed by atoms with Gasteiger partial charge in [-0.2, -0.15) is 0 Å². The van der Waals surface area contributed by atoms with Crippen LogP contribution in [0.15, 0.2) is 82.0 Å². The molecular formula is C24H18O5. The minimum absolute atomic E-state index is 0.225. The van der Waals surface area contributed by atoms with Crippen LogP contribution in [0.5, 0.6) is 5.75 Å². The molecule has 1 aromatic heterocycles. The summed E-state index contributed by atoms with van der Waals surface area (Å²) >= 11 is 0. The first-order chi connectivity index (χ1) is 14.0. The van der Waals surface area contributed by atoms with Crippen molar-refractivity contribution in [1.82, 2.24) is 0 Å². The lowest BCUT2D eigenvalue weighted by Crippen LogP contribution is -2.02. The molecule has 0 amide bonds. The van der Waals surface area contributed by atoms with E-state index in [-0.39, 0.29) is 12.2 Å². The Kier molecular flexibility index (Phi) is 4.87. The number of carboxylic acids is 1. The molecule has 0 saturated heterocycles. The van der Waals surface area contributed by atoms with Gasteiger partial charge >= 0.3 is 11.6 Å². The van der Waals surface area contributed by atoms with Gasteiger partial charge in [0.2, 0.25) is 0 Å². The van der Waals surface area contributed by atoms with Gasteiger partial charge in [0.05, 0.1) is 10.9 Å². The molecule has 144 valence electrons. The quantitative estimate of drug-likeness (QED) is 0.486. The van der Waals surface area contributed by atoms with E-state index in [2.05, 4.69) is 0 Å².